The van der Waals surface area contributed by atoms with Crippen molar-refractivity contribution in [2.45, 2.75) is 32.2 Å². The maximum Gasteiger partial charge on any atom is 0.290 e. The van der Waals surface area contributed by atoms with Gasteiger partial charge in [-0.15, -0.1) is 0 Å². The summed E-state index contributed by atoms with van der Waals surface area (Å²) in [6.07, 6.45) is 3.11. The Hall–Kier alpha value is -1.69. The van der Waals surface area contributed by atoms with E-state index in [1.54, 1.807) is 13.0 Å². The van der Waals surface area contributed by atoms with E-state index in [2.05, 4.69) is 4.98 Å². The van der Waals surface area contributed by atoms with Crippen molar-refractivity contribution in [3.63, 3.8) is 0 Å². The van der Waals surface area contributed by atoms with Crippen molar-refractivity contribution in [3.8, 4) is 0 Å². The molecule has 1 unspecified atom stereocenters. The number of aryl methyl sites for hydroxylation is 1. The molecule has 1 aromatic rings. The van der Waals surface area contributed by atoms with E-state index in [1.807, 2.05) is 4.90 Å². The van der Waals surface area contributed by atoms with Crippen LogP contribution >= 0.6 is 0 Å². The van der Waals surface area contributed by atoms with Gasteiger partial charge in [0.25, 0.3) is 5.69 Å². The van der Waals surface area contributed by atoms with Crippen LogP contribution in [0.1, 0.15) is 25.0 Å². The highest BCUT2D eigenvalue weighted by Crippen LogP contribution is 2.26. The van der Waals surface area contributed by atoms with Crippen LogP contribution in [-0.2, 0) is 0 Å². The average molecular weight is 251 g/mol. The zero-order chi connectivity index (χ0) is 13.1. The maximum atomic E-state index is 10.7. The summed E-state index contributed by atoms with van der Waals surface area (Å²) in [5.74, 6) is 0.719. The van der Waals surface area contributed by atoms with Gasteiger partial charge in [-0.05, 0) is 32.3 Å². The van der Waals surface area contributed by atoms with Crippen molar-refractivity contribution in [2.24, 2.45) is 0 Å². The third-order valence-electron chi connectivity index (χ3n) is 3.37. The average Bonchev–Trinajstić information content (AvgIpc) is 2.38. The summed E-state index contributed by atoms with van der Waals surface area (Å²) in [5.41, 5.74) is 0.455. The van der Waals surface area contributed by atoms with E-state index in [4.69, 9.17) is 0 Å². The second kappa shape index (κ2) is 5.30. The van der Waals surface area contributed by atoms with Gasteiger partial charge in [0, 0.05) is 12.6 Å². The maximum absolute atomic E-state index is 10.7. The minimum Gasteiger partial charge on any atom is -0.394 e. The lowest BCUT2D eigenvalue weighted by molar-refractivity contribution is -0.385. The predicted molar refractivity (Wildman–Crippen MR) is 67.7 cm³/mol. The van der Waals surface area contributed by atoms with E-state index in [1.165, 1.54) is 6.07 Å². The van der Waals surface area contributed by atoms with Gasteiger partial charge in [-0.2, -0.15) is 0 Å². The Kier molecular flexibility index (Phi) is 3.76. The highest BCUT2D eigenvalue weighted by atomic mass is 16.6. The molecule has 6 heteroatoms. The van der Waals surface area contributed by atoms with Gasteiger partial charge in [0.1, 0.15) is 11.5 Å². The van der Waals surface area contributed by atoms with E-state index in [-0.39, 0.29) is 18.3 Å². The number of aliphatic hydroxyl groups excluding tert-OH is 1. The van der Waals surface area contributed by atoms with Crippen molar-refractivity contribution < 1.29 is 10.0 Å². The van der Waals surface area contributed by atoms with Crippen LogP contribution in [0.2, 0.25) is 0 Å². The first kappa shape index (κ1) is 12.8. The number of pyridine rings is 1. The molecule has 98 valence electrons. The van der Waals surface area contributed by atoms with Crippen LogP contribution in [0.3, 0.4) is 0 Å². The second-order valence-corrected chi connectivity index (χ2v) is 4.56. The summed E-state index contributed by atoms with van der Waals surface area (Å²) >= 11 is 0. The highest BCUT2D eigenvalue weighted by Gasteiger charge is 2.24. The first-order chi connectivity index (χ1) is 8.63. The number of aliphatic hydroxyl groups is 1. The van der Waals surface area contributed by atoms with Crippen LogP contribution in [0.25, 0.3) is 0 Å². The van der Waals surface area contributed by atoms with Crippen LogP contribution in [0, 0.1) is 17.0 Å². The molecular formula is C12H17N3O3. The molecule has 1 atom stereocenters. The van der Waals surface area contributed by atoms with E-state index in [0.717, 1.165) is 31.6 Å². The monoisotopic (exact) mass is 251 g/mol. The number of piperidine rings is 1. The Balaban J connectivity index is 2.27. The lowest BCUT2D eigenvalue weighted by Crippen LogP contribution is -2.42. The van der Waals surface area contributed by atoms with Gasteiger partial charge < -0.3 is 10.0 Å². The normalized spacial score (nSPS) is 19.9. The summed E-state index contributed by atoms with van der Waals surface area (Å²) < 4.78 is 0. The predicted octanol–water partition coefficient (Wildman–Crippen LogP) is 1.65. The minimum atomic E-state index is -0.425. The fourth-order valence-electron chi connectivity index (χ4n) is 2.39. The van der Waals surface area contributed by atoms with Crippen LogP contribution < -0.4 is 4.90 Å². The smallest absolute Gasteiger partial charge is 0.290 e. The third kappa shape index (κ3) is 2.43. The molecular weight excluding hydrogens is 234 g/mol. The number of hydrogen-bond acceptors (Lipinski definition) is 5. The Bertz CT molecular complexity index is 450. The van der Waals surface area contributed by atoms with E-state index < -0.39 is 4.92 Å². The van der Waals surface area contributed by atoms with E-state index >= 15 is 0 Å². The first-order valence-corrected chi connectivity index (χ1v) is 6.13. The van der Waals surface area contributed by atoms with Crippen LogP contribution in [0.4, 0.5) is 11.5 Å². The molecule has 0 bridgehead atoms. The minimum absolute atomic E-state index is 0.0382. The Morgan fingerprint density at radius 2 is 2.33 bits per heavy atom. The van der Waals surface area contributed by atoms with Crippen molar-refractivity contribution in [1.82, 2.24) is 4.98 Å². The number of nitrogens with zero attached hydrogens (tertiary/aromatic N) is 3. The van der Waals surface area contributed by atoms with Gasteiger partial charge >= 0.3 is 0 Å². The Morgan fingerprint density at radius 3 is 2.94 bits per heavy atom. The van der Waals surface area contributed by atoms with Gasteiger partial charge in [0.2, 0.25) is 0 Å². The fraction of sp³-hybridized carbons (Fsp3) is 0.583. The molecule has 0 radical (unpaired) electrons. The molecule has 2 heterocycles. The van der Waals surface area contributed by atoms with Gasteiger partial charge in [-0.3, -0.25) is 10.1 Å². The molecule has 0 aliphatic carbocycles. The van der Waals surface area contributed by atoms with Gasteiger partial charge in [-0.1, -0.05) is 0 Å². The fourth-order valence-corrected chi connectivity index (χ4v) is 2.39. The molecule has 18 heavy (non-hydrogen) atoms. The Labute approximate surface area is 105 Å². The summed E-state index contributed by atoms with van der Waals surface area (Å²) in [4.78, 5) is 16.6. The van der Waals surface area contributed by atoms with Crippen LogP contribution in [0.15, 0.2) is 12.1 Å². The number of rotatable bonds is 3. The molecule has 0 amide bonds. The molecule has 0 spiro atoms. The molecule has 1 aliphatic heterocycles. The standard InChI is InChI=1S/C12H17N3O3/c1-9-11(15(17)18)5-6-12(13-9)14-7-3-2-4-10(14)8-16/h5-6,10,16H,2-4,7-8H2,1H3. The Morgan fingerprint density at radius 1 is 1.56 bits per heavy atom. The van der Waals surface area contributed by atoms with Crippen molar-refractivity contribution in [1.29, 1.82) is 0 Å². The molecule has 1 fully saturated rings. The highest BCUT2D eigenvalue weighted by molar-refractivity contribution is 5.47. The molecule has 2 rings (SSSR count). The van der Waals surface area contributed by atoms with Crippen molar-refractivity contribution in [2.75, 3.05) is 18.1 Å². The summed E-state index contributed by atoms with van der Waals surface area (Å²) in [5, 5.41) is 20.1. The zero-order valence-corrected chi connectivity index (χ0v) is 10.4. The summed E-state index contributed by atoms with van der Waals surface area (Å²) in [6, 6.07) is 3.23. The first-order valence-electron chi connectivity index (χ1n) is 6.13. The molecule has 1 saturated heterocycles. The van der Waals surface area contributed by atoms with Crippen molar-refractivity contribution in [3.05, 3.63) is 27.9 Å². The second-order valence-electron chi connectivity index (χ2n) is 4.56. The SMILES string of the molecule is Cc1nc(N2CCCCC2CO)ccc1[N+](=O)[O-]. The molecule has 0 saturated carbocycles. The van der Waals surface area contributed by atoms with E-state index in [0.29, 0.717) is 5.69 Å². The topological polar surface area (TPSA) is 79.5 Å². The third-order valence-corrected chi connectivity index (χ3v) is 3.37. The van der Waals surface area contributed by atoms with Crippen LogP contribution in [-0.4, -0.2) is 34.2 Å². The zero-order valence-electron chi connectivity index (χ0n) is 10.4. The van der Waals surface area contributed by atoms with Crippen LogP contribution in [0.5, 0.6) is 0 Å². The summed E-state index contributed by atoms with van der Waals surface area (Å²) in [6.45, 7) is 2.58. The number of nitro groups is 1. The largest absolute Gasteiger partial charge is 0.394 e. The molecule has 1 aliphatic rings. The van der Waals surface area contributed by atoms with Crippen molar-refractivity contribution >= 4 is 11.5 Å². The van der Waals surface area contributed by atoms with Gasteiger partial charge in [-0.25, -0.2) is 4.98 Å². The van der Waals surface area contributed by atoms with Gasteiger partial charge in [0.05, 0.1) is 17.6 Å². The quantitative estimate of drug-likeness (QED) is 0.652. The number of hydrogen-bond donors (Lipinski definition) is 1. The summed E-state index contributed by atoms with van der Waals surface area (Å²) in [7, 11) is 0. The molecule has 1 N–H and O–H groups in total. The van der Waals surface area contributed by atoms with Gasteiger partial charge in [0.15, 0.2) is 0 Å². The number of anilines is 1. The molecule has 1 aromatic heterocycles. The molecule has 6 nitrogen and oxygen atoms in total. The molecule has 0 aromatic carbocycles. The lowest BCUT2D eigenvalue weighted by Gasteiger charge is -2.35. The lowest BCUT2D eigenvalue weighted by atomic mass is 10.0. The number of aromatic nitrogens is 1. The van der Waals surface area contributed by atoms with E-state index in [9.17, 15) is 15.2 Å².